The molecule has 9 aromatic carbocycles. The summed E-state index contributed by atoms with van der Waals surface area (Å²) in [7, 11) is 0. The fraction of sp³-hybridized carbons (Fsp3) is 0. The normalized spacial score (nSPS) is 12.1. The van der Waals surface area contributed by atoms with Crippen molar-refractivity contribution < 1.29 is 4.42 Å². The summed E-state index contributed by atoms with van der Waals surface area (Å²) in [6.45, 7) is 0. The Balaban J connectivity index is 1.01. The molecule has 0 N–H and O–H groups in total. The Bertz CT molecular complexity index is 3740. The van der Waals surface area contributed by atoms with Crippen molar-refractivity contribution >= 4 is 109 Å². The predicted molar refractivity (Wildman–Crippen MR) is 247 cm³/mol. The van der Waals surface area contributed by atoms with Crippen LogP contribution in [0.2, 0.25) is 0 Å². The highest BCUT2D eigenvalue weighted by atomic mass is 32.1. The van der Waals surface area contributed by atoms with E-state index in [1.54, 1.807) is 0 Å². The molecule has 58 heavy (non-hydrogen) atoms. The lowest BCUT2D eigenvalue weighted by molar-refractivity contribution is 0.669. The van der Waals surface area contributed by atoms with Crippen molar-refractivity contribution in [2.45, 2.75) is 0 Å². The molecule has 0 spiro atoms. The van der Waals surface area contributed by atoms with Gasteiger partial charge in [0.1, 0.15) is 11.2 Å². The van der Waals surface area contributed by atoms with Gasteiger partial charge in [-0.1, -0.05) is 121 Å². The maximum absolute atomic E-state index is 6.16. The first kappa shape index (κ1) is 31.8. The third-order valence-electron chi connectivity index (χ3n) is 12.1. The third kappa shape index (κ3) is 4.49. The molecule has 0 aliphatic heterocycles. The van der Waals surface area contributed by atoms with Crippen molar-refractivity contribution in [2.75, 3.05) is 4.90 Å². The standard InChI is InChI=1S/C54H32N2OS/c1-5-15-45-39(10-1)41-29-30-47(53-42-12-2-6-16-46(42)56(45)54(41)53)55(36-25-20-33(21-26-36)35-24-31-49-44(32-35)40-11-3-7-17-48(40)57-49)37-27-22-34(23-28-37)38-14-9-19-51-52(38)43-13-4-8-18-50(43)58-51/h1-32H. The summed E-state index contributed by atoms with van der Waals surface area (Å²) in [5, 5.41) is 9.97. The summed E-state index contributed by atoms with van der Waals surface area (Å²) in [5.41, 5.74) is 13.7. The van der Waals surface area contributed by atoms with Crippen LogP contribution in [0.15, 0.2) is 199 Å². The highest BCUT2D eigenvalue weighted by Crippen LogP contribution is 2.48. The Kier molecular flexibility index (Phi) is 6.60. The number of fused-ring (bicyclic) bond motifs is 12. The lowest BCUT2D eigenvalue weighted by Crippen LogP contribution is -2.10. The Morgan fingerprint density at radius 3 is 1.83 bits per heavy atom. The summed E-state index contributed by atoms with van der Waals surface area (Å²) < 4.78 is 11.3. The minimum Gasteiger partial charge on any atom is -0.456 e. The van der Waals surface area contributed by atoms with Gasteiger partial charge in [-0.15, -0.1) is 11.3 Å². The van der Waals surface area contributed by atoms with Crippen molar-refractivity contribution in [3.63, 3.8) is 0 Å². The highest BCUT2D eigenvalue weighted by molar-refractivity contribution is 7.25. The van der Waals surface area contributed by atoms with Crippen molar-refractivity contribution in [3.05, 3.63) is 194 Å². The zero-order chi connectivity index (χ0) is 37.9. The zero-order valence-corrected chi connectivity index (χ0v) is 32.0. The van der Waals surface area contributed by atoms with E-state index in [1.807, 2.05) is 23.5 Å². The van der Waals surface area contributed by atoms with Gasteiger partial charge in [0.15, 0.2) is 0 Å². The molecular weight excluding hydrogens is 725 g/mol. The molecule has 0 saturated heterocycles. The molecule has 0 aliphatic rings. The largest absolute Gasteiger partial charge is 0.456 e. The summed E-state index contributed by atoms with van der Waals surface area (Å²) in [5.74, 6) is 0. The monoisotopic (exact) mass is 756 g/mol. The van der Waals surface area contributed by atoms with E-state index in [0.717, 1.165) is 50.1 Å². The molecule has 13 rings (SSSR count). The molecule has 270 valence electrons. The summed E-state index contributed by atoms with van der Waals surface area (Å²) in [4.78, 5) is 2.44. The minimum absolute atomic E-state index is 0.908. The van der Waals surface area contributed by atoms with Gasteiger partial charge in [-0.2, -0.15) is 0 Å². The third-order valence-corrected chi connectivity index (χ3v) is 13.3. The molecule has 4 heteroatoms. The first-order valence-electron chi connectivity index (χ1n) is 19.8. The molecule has 0 radical (unpaired) electrons. The first-order valence-corrected chi connectivity index (χ1v) is 20.6. The van der Waals surface area contributed by atoms with Crippen LogP contribution in [0.3, 0.4) is 0 Å². The number of thiophene rings is 1. The Morgan fingerprint density at radius 2 is 1.02 bits per heavy atom. The van der Waals surface area contributed by atoms with Crippen LogP contribution in [-0.2, 0) is 0 Å². The van der Waals surface area contributed by atoms with Crippen molar-refractivity contribution in [2.24, 2.45) is 0 Å². The smallest absolute Gasteiger partial charge is 0.135 e. The van der Waals surface area contributed by atoms with E-state index in [1.165, 1.54) is 69.4 Å². The van der Waals surface area contributed by atoms with E-state index in [0.29, 0.717) is 0 Å². The highest BCUT2D eigenvalue weighted by Gasteiger charge is 2.24. The van der Waals surface area contributed by atoms with Crippen molar-refractivity contribution in [3.8, 4) is 22.3 Å². The van der Waals surface area contributed by atoms with E-state index in [-0.39, 0.29) is 0 Å². The van der Waals surface area contributed by atoms with Crippen molar-refractivity contribution in [1.29, 1.82) is 0 Å². The molecule has 0 bridgehead atoms. The number of aromatic nitrogens is 1. The number of hydrogen-bond donors (Lipinski definition) is 0. The molecule has 0 unspecified atom stereocenters. The fourth-order valence-corrected chi connectivity index (χ4v) is 10.7. The number of benzene rings is 9. The Hall–Kier alpha value is -7.40. The number of para-hydroxylation sites is 3. The zero-order valence-electron chi connectivity index (χ0n) is 31.2. The average Bonchev–Trinajstić information content (AvgIpc) is 4.04. The van der Waals surface area contributed by atoms with E-state index >= 15 is 0 Å². The summed E-state index contributed by atoms with van der Waals surface area (Å²) in [6, 6.07) is 70.8. The molecular formula is C54H32N2OS. The van der Waals surface area contributed by atoms with Crippen LogP contribution in [-0.4, -0.2) is 4.40 Å². The second-order valence-electron chi connectivity index (χ2n) is 15.2. The van der Waals surface area contributed by atoms with E-state index in [9.17, 15) is 0 Å². The van der Waals surface area contributed by atoms with Crippen LogP contribution in [0.25, 0.3) is 102 Å². The SMILES string of the molecule is c1ccc2c(c1)oc1ccc(-c3ccc(N(c4ccc(-c5cccc6sc7ccccc7c56)cc4)c4ccc5c6ccccc6n6c7ccccc7c4c56)cc3)cc12. The molecule has 4 aromatic heterocycles. The molecule has 0 amide bonds. The van der Waals surface area contributed by atoms with Gasteiger partial charge in [-0.25, -0.2) is 0 Å². The predicted octanol–water partition coefficient (Wildman–Crippen LogP) is 15.9. The molecule has 0 saturated carbocycles. The van der Waals surface area contributed by atoms with Crippen molar-refractivity contribution in [1.82, 2.24) is 4.40 Å². The number of hydrogen-bond acceptors (Lipinski definition) is 3. The van der Waals surface area contributed by atoms with Crippen LogP contribution in [0.1, 0.15) is 0 Å². The second kappa shape index (κ2) is 12.1. The van der Waals surface area contributed by atoms with Gasteiger partial charge in [0.05, 0.1) is 22.2 Å². The second-order valence-corrected chi connectivity index (χ2v) is 16.3. The summed E-state index contributed by atoms with van der Waals surface area (Å²) >= 11 is 1.86. The summed E-state index contributed by atoms with van der Waals surface area (Å²) in [6.07, 6.45) is 0. The molecule has 13 aromatic rings. The van der Waals surface area contributed by atoms with E-state index < -0.39 is 0 Å². The first-order chi connectivity index (χ1) is 28.8. The van der Waals surface area contributed by atoms with Gasteiger partial charge in [-0.3, -0.25) is 0 Å². The van der Waals surface area contributed by atoms with E-state index in [2.05, 4.69) is 191 Å². The van der Waals surface area contributed by atoms with Crippen LogP contribution >= 0.6 is 11.3 Å². The van der Waals surface area contributed by atoms with Crippen LogP contribution < -0.4 is 4.90 Å². The molecule has 3 nitrogen and oxygen atoms in total. The van der Waals surface area contributed by atoms with Gasteiger partial charge >= 0.3 is 0 Å². The topological polar surface area (TPSA) is 20.8 Å². The van der Waals surface area contributed by atoms with Crippen LogP contribution in [0.4, 0.5) is 17.1 Å². The fourth-order valence-electron chi connectivity index (χ4n) is 9.57. The van der Waals surface area contributed by atoms with Crippen LogP contribution in [0, 0.1) is 0 Å². The lowest BCUT2D eigenvalue weighted by atomic mass is 9.98. The number of anilines is 3. The van der Waals surface area contributed by atoms with Gasteiger partial charge in [0.25, 0.3) is 0 Å². The molecule has 0 atom stereocenters. The molecule has 4 heterocycles. The number of nitrogens with zero attached hydrogens (tertiary/aromatic N) is 2. The number of rotatable bonds is 5. The van der Waals surface area contributed by atoms with Gasteiger partial charge in [0.2, 0.25) is 0 Å². The Morgan fingerprint density at radius 1 is 0.397 bits per heavy atom. The Labute approximate surface area is 337 Å². The van der Waals surface area contributed by atoms with Gasteiger partial charge in [-0.05, 0) is 95.1 Å². The maximum atomic E-state index is 6.16. The van der Waals surface area contributed by atoms with E-state index in [4.69, 9.17) is 4.42 Å². The lowest BCUT2D eigenvalue weighted by Gasteiger charge is -2.27. The molecule has 0 fully saturated rings. The van der Waals surface area contributed by atoms with Gasteiger partial charge in [0, 0.05) is 63.9 Å². The molecule has 0 aliphatic carbocycles. The minimum atomic E-state index is 0.908. The van der Waals surface area contributed by atoms with Crippen LogP contribution in [0.5, 0.6) is 0 Å². The average molecular weight is 757 g/mol. The quantitative estimate of drug-likeness (QED) is 0.174. The maximum Gasteiger partial charge on any atom is 0.135 e. The van der Waals surface area contributed by atoms with Gasteiger partial charge < -0.3 is 13.7 Å². The number of furan rings is 1.